The van der Waals surface area contributed by atoms with Crippen molar-refractivity contribution in [2.45, 2.75) is 77.1 Å². The molecule has 1 saturated heterocycles. The highest BCUT2D eigenvalue weighted by Crippen LogP contribution is 2.42. The molecule has 0 amide bonds. The third-order valence-corrected chi connectivity index (χ3v) is 11.3. The summed E-state index contributed by atoms with van der Waals surface area (Å²) in [6.45, 7) is 13.5. The number of ether oxygens (including phenoxy) is 1. The van der Waals surface area contributed by atoms with Gasteiger partial charge in [0.2, 0.25) is 5.95 Å². The van der Waals surface area contributed by atoms with Crippen LogP contribution in [0.3, 0.4) is 0 Å². The highest BCUT2D eigenvalue weighted by molar-refractivity contribution is 14.1. The molecule has 9 heteroatoms. The average Bonchev–Trinajstić information content (AvgIpc) is 3.06. The molecule has 1 aliphatic rings. The maximum Gasteiger partial charge on any atom is 0.223 e. The van der Waals surface area contributed by atoms with Gasteiger partial charge in [-0.3, -0.25) is 0 Å². The van der Waals surface area contributed by atoms with Crippen molar-refractivity contribution in [2.75, 3.05) is 5.73 Å². The van der Waals surface area contributed by atoms with Crippen molar-refractivity contribution in [1.82, 2.24) is 14.5 Å². The highest BCUT2D eigenvalue weighted by atomic mass is 127. The van der Waals surface area contributed by atoms with Gasteiger partial charge in [-0.05, 0) is 47.1 Å². The van der Waals surface area contributed by atoms with E-state index >= 15 is 0 Å². The van der Waals surface area contributed by atoms with E-state index in [0.717, 1.165) is 21.8 Å². The lowest BCUT2D eigenvalue weighted by atomic mass is 10.1. The van der Waals surface area contributed by atoms with E-state index in [1.165, 1.54) is 0 Å². The van der Waals surface area contributed by atoms with Crippen LogP contribution < -0.4 is 5.73 Å². The Hall–Kier alpha value is -0.423. The molecular formula is C18H28ClIN4O2Si. The number of nitrogens with zero attached hydrogens (tertiary/aromatic N) is 3. The fraction of sp³-hybridized carbons (Fsp3) is 0.667. The van der Waals surface area contributed by atoms with Crippen LogP contribution in [-0.4, -0.2) is 35.1 Å². The van der Waals surface area contributed by atoms with Crippen molar-refractivity contribution < 1.29 is 9.16 Å². The second kappa shape index (κ2) is 7.44. The van der Waals surface area contributed by atoms with Gasteiger partial charge in [0.05, 0.1) is 17.6 Å². The van der Waals surface area contributed by atoms with Crippen molar-refractivity contribution in [1.29, 1.82) is 0 Å². The first-order chi connectivity index (χ1) is 12.4. The molecule has 2 aromatic heterocycles. The number of anilines is 1. The van der Waals surface area contributed by atoms with Gasteiger partial charge >= 0.3 is 0 Å². The predicted octanol–water partition coefficient (Wildman–Crippen LogP) is 5.36. The zero-order valence-corrected chi connectivity index (χ0v) is 20.6. The Labute approximate surface area is 180 Å². The van der Waals surface area contributed by atoms with E-state index in [1.54, 1.807) is 0 Å². The Balaban J connectivity index is 1.93. The van der Waals surface area contributed by atoms with Gasteiger partial charge in [0.1, 0.15) is 17.0 Å². The fourth-order valence-electron chi connectivity index (χ4n) is 3.21. The van der Waals surface area contributed by atoms with Gasteiger partial charge in [-0.15, -0.1) is 0 Å². The molecule has 27 heavy (non-hydrogen) atoms. The monoisotopic (exact) mass is 522 g/mol. The number of hydrogen-bond acceptors (Lipinski definition) is 5. The number of nitrogen functional groups attached to an aromatic ring is 1. The van der Waals surface area contributed by atoms with Crippen LogP contribution >= 0.6 is 34.2 Å². The smallest absolute Gasteiger partial charge is 0.223 e. The topological polar surface area (TPSA) is 75.2 Å². The Kier molecular flexibility index (Phi) is 5.86. The quantitative estimate of drug-likeness (QED) is 0.332. The van der Waals surface area contributed by atoms with Crippen LogP contribution in [0.2, 0.25) is 23.3 Å². The fourth-order valence-corrected chi connectivity index (χ4v) is 5.80. The van der Waals surface area contributed by atoms with E-state index in [2.05, 4.69) is 73.3 Å². The molecule has 0 aromatic carbocycles. The number of halogens is 2. The molecule has 150 valence electrons. The maximum absolute atomic E-state index is 6.70. The molecule has 3 rings (SSSR count). The van der Waals surface area contributed by atoms with E-state index < -0.39 is 8.32 Å². The number of rotatable bonds is 4. The summed E-state index contributed by atoms with van der Waals surface area (Å²) in [7, 11) is -1.88. The van der Waals surface area contributed by atoms with Crippen LogP contribution in [0.15, 0.2) is 6.20 Å². The van der Waals surface area contributed by atoms with Gasteiger partial charge in [-0.1, -0.05) is 39.3 Å². The second-order valence-corrected chi connectivity index (χ2v) is 14.9. The Morgan fingerprint density at radius 2 is 2.07 bits per heavy atom. The lowest BCUT2D eigenvalue weighted by molar-refractivity contribution is -0.0160. The summed E-state index contributed by atoms with van der Waals surface area (Å²) in [6, 6.07) is 0. The minimum absolute atomic E-state index is 0.0638. The minimum atomic E-state index is -1.88. The molecule has 3 atom stereocenters. The van der Waals surface area contributed by atoms with Gasteiger partial charge in [-0.2, -0.15) is 4.98 Å². The normalized spacial score (nSPS) is 24.1. The first kappa shape index (κ1) is 21.3. The van der Waals surface area contributed by atoms with Crippen molar-refractivity contribution in [3.63, 3.8) is 0 Å². The molecule has 0 aliphatic carbocycles. The first-order valence-corrected chi connectivity index (χ1v) is 13.6. The molecule has 0 spiro atoms. The summed E-state index contributed by atoms with van der Waals surface area (Å²) in [5, 5.41) is 1.35. The van der Waals surface area contributed by atoms with Crippen molar-refractivity contribution in [2.24, 2.45) is 0 Å². The van der Waals surface area contributed by atoms with E-state index in [9.17, 15) is 0 Å². The molecule has 1 fully saturated rings. The number of hydrogen-bond donors (Lipinski definition) is 1. The van der Waals surface area contributed by atoms with Gasteiger partial charge < -0.3 is 19.5 Å². The lowest BCUT2D eigenvalue weighted by Crippen LogP contribution is -2.45. The molecule has 2 N–H and O–H groups in total. The van der Waals surface area contributed by atoms with Crippen molar-refractivity contribution in [3.05, 3.63) is 14.9 Å². The molecule has 2 aromatic rings. The molecule has 3 heterocycles. The van der Waals surface area contributed by atoms with Gasteiger partial charge in [0.25, 0.3) is 0 Å². The van der Waals surface area contributed by atoms with Crippen LogP contribution in [0, 0.1) is 3.57 Å². The third kappa shape index (κ3) is 4.01. The Bertz CT molecular complexity index is 852. The summed E-state index contributed by atoms with van der Waals surface area (Å²) in [5.41, 5.74) is 6.54. The zero-order chi connectivity index (χ0) is 20.1. The molecule has 6 nitrogen and oxygen atoms in total. The summed E-state index contributed by atoms with van der Waals surface area (Å²) in [6.07, 6.45) is 3.69. The average molecular weight is 523 g/mol. The number of nitrogens with two attached hydrogens (primary N) is 1. The Morgan fingerprint density at radius 3 is 2.67 bits per heavy atom. The SMILES string of the molecule is CC[C@H]1O[C@@H](n2cc(I)c3c(Cl)nc(N)nc32)CC1O[Si](C)(C)C(C)(C)C. The molecule has 0 bridgehead atoms. The van der Waals surface area contributed by atoms with Crippen molar-refractivity contribution in [3.8, 4) is 0 Å². The lowest BCUT2D eigenvalue weighted by Gasteiger charge is -2.39. The molecule has 1 unspecified atom stereocenters. The third-order valence-electron chi connectivity index (χ3n) is 5.74. The molecular weight excluding hydrogens is 495 g/mol. The minimum Gasteiger partial charge on any atom is -0.411 e. The summed E-state index contributed by atoms with van der Waals surface area (Å²) in [5.74, 6) is 0.169. The van der Waals surface area contributed by atoms with Crippen LogP contribution in [0.25, 0.3) is 11.0 Å². The van der Waals surface area contributed by atoms with Crippen LogP contribution in [-0.2, 0) is 9.16 Å². The largest absolute Gasteiger partial charge is 0.411 e. The van der Waals surface area contributed by atoms with Crippen LogP contribution in [0.1, 0.15) is 46.8 Å². The van der Waals surface area contributed by atoms with Crippen molar-refractivity contribution >= 4 is 59.5 Å². The van der Waals surface area contributed by atoms with Gasteiger partial charge in [0, 0.05) is 16.2 Å². The van der Waals surface area contributed by atoms with Gasteiger partial charge in [-0.25, -0.2) is 4.98 Å². The molecule has 0 radical (unpaired) electrons. The maximum atomic E-state index is 6.70. The zero-order valence-electron chi connectivity index (χ0n) is 16.7. The first-order valence-electron chi connectivity index (χ1n) is 9.27. The summed E-state index contributed by atoms with van der Waals surface area (Å²) in [4.78, 5) is 8.50. The number of fused-ring (bicyclic) bond motifs is 1. The number of aromatic nitrogens is 3. The van der Waals surface area contributed by atoms with E-state index in [4.69, 9.17) is 26.5 Å². The Morgan fingerprint density at radius 1 is 1.41 bits per heavy atom. The molecule has 0 saturated carbocycles. The van der Waals surface area contributed by atoms with E-state index in [-0.39, 0.29) is 29.4 Å². The standard InChI is InChI=1S/C18H28ClIN4O2Si/c1-7-11-12(26-27(5,6)18(2,3)4)8-13(25-11)24-9-10(20)14-15(19)22-17(21)23-16(14)24/h9,11-13H,7-8H2,1-6H3,(H2,21,22,23)/t11-,12?,13-/m1/s1. The molecule has 1 aliphatic heterocycles. The predicted molar refractivity (Wildman–Crippen MR) is 121 cm³/mol. The second-order valence-electron chi connectivity index (χ2n) is 8.65. The highest BCUT2D eigenvalue weighted by Gasteiger charge is 2.44. The summed E-state index contributed by atoms with van der Waals surface area (Å²) >= 11 is 8.55. The van der Waals surface area contributed by atoms with E-state index in [0.29, 0.717) is 10.8 Å². The van der Waals surface area contributed by atoms with E-state index in [1.807, 2.05) is 10.8 Å². The summed E-state index contributed by atoms with van der Waals surface area (Å²) < 4.78 is 16.1. The van der Waals surface area contributed by atoms with Crippen LogP contribution in [0.4, 0.5) is 5.95 Å². The van der Waals surface area contributed by atoms with Gasteiger partial charge in [0.15, 0.2) is 8.32 Å². The van der Waals surface area contributed by atoms with Crippen LogP contribution in [0.5, 0.6) is 0 Å².